The molecule has 162 valence electrons. The van der Waals surface area contributed by atoms with E-state index in [2.05, 4.69) is 36.4 Å². The van der Waals surface area contributed by atoms with Crippen LogP contribution in [-0.2, 0) is 11.3 Å². The van der Waals surface area contributed by atoms with Crippen molar-refractivity contribution < 1.29 is 9.53 Å². The van der Waals surface area contributed by atoms with Crippen LogP contribution in [0.25, 0.3) is 22.0 Å². The second-order valence-corrected chi connectivity index (χ2v) is 7.73. The van der Waals surface area contributed by atoms with Gasteiger partial charge in [-0.25, -0.2) is 4.98 Å². The zero-order valence-corrected chi connectivity index (χ0v) is 17.4. The molecule has 0 radical (unpaired) electrons. The number of hydrogen-bond acceptors (Lipinski definition) is 7. The third-order valence-corrected chi connectivity index (χ3v) is 5.46. The summed E-state index contributed by atoms with van der Waals surface area (Å²) in [6.45, 7) is 4.21. The molecule has 0 atom stereocenters. The zero-order valence-electron chi connectivity index (χ0n) is 17.4. The number of carbonyl (C=O) groups excluding carboxylic acids is 1. The Morgan fingerprint density at radius 2 is 1.97 bits per heavy atom. The first kappa shape index (κ1) is 20.1. The number of benzene rings is 1. The van der Waals surface area contributed by atoms with E-state index in [-0.39, 0.29) is 5.91 Å². The Hall–Kier alpha value is -3.82. The van der Waals surface area contributed by atoms with Gasteiger partial charge in [-0.3, -0.25) is 19.8 Å². The standard InChI is InChI=1S/C23H23N7O2/c24-21-4-2-18(13-26-21)27-23(31)22-19-10-16(1-3-20(19)28-29-22)17-9-15(11-25-12-17)14-30-5-7-32-8-6-30/h1-4,9-13H,5-8,14H2,(H2,24,26)(H,27,31)(H,28,29). The Morgan fingerprint density at radius 3 is 2.78 bits per heavy atom. The van der Waals surface area contributed by atoms with Crippen molar-refractivity contribution in [3.63, 3.8) is 0 Å². The molecule has 4 heterocycles. The van der Waals surface area contributed by atoms with Crippen molar-refractivity contribution in [1.29, 1.82) is 0 Å². The SMILES string of the molecule is Nc1ccc(NC(=O)c2n[nH]c3ccc(-c4cncc(CN5CCOCC5)c4)cc23)cn1. The number of ether oxygens (including phenoxy) is 1. The summed E-state index contributed by atoms with van der Waals surface area (Å²) in [5, 5.41) is 10.7. The van der Waals surface area contributed by atoms with Gasteiger partial charge >= 0.3 is 0 Å². The van der Waals surface area contributed by atoms with Crippen LogP contribution in [0.5, 0.6) is 0 Å². The molecule has 0 saturated carbocycles. The molecule has 1 aliphatic heterocycles. The van der Waals surface area contributed by atoms with Crippen molar-refractivity contribution in [1.82, 2.24) is 25.1 Å². The number of hydrogen-bond donors (Lipinski definition) is 3. The van der Waals surface area contributed by atoms with Crippen LogP contribution in [-0.4, -0.2) is 57.3 Å². The van der Waals surface area contributed by atoms with Gasteiger partial charge in [0.25, 0.3) is 5.91 Å². The van der Waals surface area contributed by atoms with Crippen molar-refractivity contribution in [3.8, 4) is 11.1 Å². The predicted octanol–water partition coefficient (Wildman–Crippen LogP) is 2.69. The molecule has 0 spiro atoms. The first-order chi connectivity index (χ1) is 15.7. The first-order valence-corrected chi connectivity index (χ1v) is 10.4. The van der Waals surface area contributed by atoms with Crippen molar-refractivity contribution in [2.24, 2.45) is 0 Å². The lowest BCUT2D eigenvalue weighted by atomic mass is 10.0. The van der Waals surface area contributed by atoms with Crippen molar-refractivity contribution in [3.05, 3.63) is 66.2 Å². The fourth-order valence-electron chi connectivity index (χ4n) is 3.79. The lowest BCUT2D eigenvalue weighted by molar-refractivity contribution is 0.0341. The lowest BCUT2D eigenvalue weighted by Crippen LogP contribution is -2.35. The molecule has 1 fully saturated rings. The smallest absolute Gasteiger partial charge is 0.276 e. The van der Waals surface area contributed by atoms with Crippen molar-refractivity contribution in [2.45, 2.75) is 6.54 Å². The largest absolute Gasteiger partial charge is 0.384 e. The molecule has 9 nitrogen and oxygen atoms in total. The van der Waals surface area contributed by atoms with Gasteiger partial charge in [-0.15, -0.1) is 0 Å². The number of pyridine rings is 2. The van der Waals surface area contributed by atoms with Crippen LogP contribution in [0.3, 0.4) is 0 Å². The minimum absolute atomic E-state index is 0.316. The highest BCUT2D eigenvalue weighted by Gasteiger charge is 2.16. The minimum atomic E-state index is -0.320. The summed E-state index contributed by atoms with van der Waals surface area (Å²) in [5.41, 5.74) is 10.4. The topological polar surface area (TPSA) is 122 Å². The van der Waals surface area contributed by atoms with Crippen molar-refractivity contribution in [2.75, 3.05) is 37.4 Å². The van der Waals surface area contributed by atoms with Crippen LogP contribution >= 0.6 is 0 Å². The second-order valence-electron chi connectivity index (χ2n) is 7.73. The number of nitrogens with two attached hydrogens (primary N) is 1. The Morgan fingerprint density at radius 1 is 1.09 bits per heavy atom. The third-order valence-electron chi connectivity index (χ3n) is 5.46. The molecular weight excluding hydrogens is 406 g/mol. The number of aromatic amines is 1. The number of nitrogens with one attached hydrogen (secondary N) is 2. The first-order valence-electron chi connectivity index (χ1n) is 10.4. The average Bonchev–Trinajstić information content (AvgIpc) is 3.25. The summed E-state index contributed by atoms with van der Waals surface area (Å²) >= 11 is 0. The van der Waals surface area contributed by atoms with Crippen LogP contribution in [0.15, 0.2) is 55.0 Å². The van der Waals surface area contributed by atoms with E-state index < -0.39 is 0 Å². The van der Waals surface area contributed by atoms with Gasteiger partial charge in [-0.05, 0) is 41.5 Å². The van der Waals surface area contributed by atoms with Gasteiger partial charge in [0.1, 0.15) is 5.82 Å². The molecular formula is C23H23N7O2. The average molecular weight is 429 g/mol. The molecule has 9 heteroatoms. The fourth-order valence-corrected chi connectivity index (χ4v) is 3.79. The van der Waals surface area contributed by atoms with E-state index in [1.807, 2.05) is 30.6 Å². The molecule has 1 aliphatic rings. The highest BCUT2D eigenvalue weighted by molar-refractivity contribution is 6.11. The highest BCUT2D eigenvalue weighted by atomic mass is 16.5. The Balaban J connectivity index is 1.40. The monoisotopic (exact) mass is 429 g/mol. The molecule has 3 aromatic heterocycles. The molecule has 5 rings (SSSR count). The Bertz CT molecular complexity index is 1250. The normalized spacial score (nSPS) is 14.5. The number of morpholine rings is 1. The quantitative estimate of drug-likeness (QED) is 0.446. The molecule has 1 aromatic carbocycles. The van der Waals surface area contributed by atoms with E-state index in [1.54, 1.807) is 12.1 Å². The Kier molecular flexibility index (Phi) is 5.49. The number of anilines is 2. The molecule has 0 unspecified atom stereocenters. The third kappa shape index (κ3) is 4.29. The summed E-state index contributed by atoms with van der Waals surface area (Å²) in [6.07, 6.45) is 5.25. The molecule has 1 saturated heterocycles. The maximum absolute atomic E-state index is 12.8. The molecule has 32 heavy (non-hydrogen) atoms. The Labute approximate surface area is 184 Å². The molecule has 0 bridgehead atoms. The number of nitrogen functional groups attached to an aromatic ring is 1. The van der Waals surface area contributed by atoms with Gasteiger partial charge in [-0.1, -0.05) is 6.07 Å². The maximum Gasteiger partial charge on any atom is 0.276 e. The van der Waals surface area contributed by atoms with E-state index >= 15 is 0 Å². The second kappa shape index (κ2) is 8.74. The summed E-state index contributed by atoms with van der Waals surface area (Å²) < 4.78 is 5.43. The van der Waals surface area contributed by atoms with Crippen LogP contribution < -0.4 is 11.1 Å². The molecule has 1 amide bonds. The zero-order chi connectivity index (χ0) is 21.9. The fraction of sp³-hybridized carbons (Fsp3) is 0.217. The summed E-state index contributed by atoms with van der Waals surface area (Å²) in [5.74, 6) is 0.0708. The molecule has 4 aromatic rings. The van der Waals surface area contributed by atoms with Gasteiger partial charge < -0.3 is 15.8 Å². The predicted molar refractivity (Wildman–Crippen MR) is 122 cm³/mol. The van der Waals surface area contributed by atoms with Gasteiger partial charge in [0.05, 0.1) is 30.6 Å². The van der Waals surface area contributed by atoms with Crippen molar-refractivity contribution >= 4 is 28.3 Å². The van der Waals surface area contributed by atoms with E-state index in [1.165, 1.54) is 6.20 Å². The number of aromatic nitrogens is 4. The van der Waals surface area contributed by atoms with Crippen LogP contribution in [0.4, 0.5) is 11.5 Å². The maximum atomic E-state index is 12.8. The number of rotatable bonds is 5. The van der Waals surface area contributed by atoms with Crippen LogP contribution in [0.2, 0.25) is 0 Å². The molecule has 4 N–H and O–H groups in total. The van der Waals surface area contributed by atoms with E-state index in [9.17, 15) is 4.79 Å². The number of carbonyl (C=O) groups is 1. The van der Waals surface area contributed by atoms with E-state index in [4.69, 9.17) is 10.5 Å². The number of fused-ring (bicyclic) bond motifs is 1. The van der Waals surface area contributed by atoms with Gasteiger partial charge in [0, 0.05) is 43.0 Å². The number of amides is 1. The summed E-state index contributed by atoms with van der Waals surface area (Å²) in [7, 11) is 0. The highest BCUT2D eigenvalue weighted by Crippen LogP contribution is 2.26. The van der Waals surface area contributed by atoms with Gasteiger partial charge in [0.15, 0.2) is 5.69 Å². The van der Waals surface area contributed by atoms with Gasteiger partial charge in [0.2, 0.25) is 0 Å². The van der Waals surface area contributed by atoms with E-state index in [0.29, 0.717) is 17.2 Å². The van der Waals surface area contributed by atoms with Gasteiger partial charge in [-0.2, -0.15) is 5.10 Å². The number of H-pyrrole nitrogens is 1. The lowest BCUT2D eigenvalue weighted by Gasteiger charge is -2.26. The van der Waals surface area contributed by atoms with Crippen LogP contribution in [0.1, 0.15) is 16.1 Å². The summed E-state index contributed by atoms with van der Waals surface area (Å²) in [6, 6.07) is 11.4. The minimum Gasteiger partial charge on any atom is -0.384 e. The van der Waals surface area contributed by atoms with Crippen LogP contribution in [0, 0.1) is 0 Å². The summed E-state index contributed by atoms with van der Waals surface area (Å²) in [4.78, 5) is 23.6. The number of nitrogens with zero attached hydrogens (tertiary/aromatic N) is 4. The molecule has 0 aliphatic carbocycles. The van der Waals surface area contributed by atoms with E-state index in [0.717, 1.165) is 60.4 Å².